The number of benzene rings is 1. The largest absolute Gasteiger partial charge is 0.461 e. The van der Waals surface area contributed by atoms with Crippen molar-refractivity contribution in [2.75, 3.05) is 26.1 Å². The number of thiocarbonyl (C=S) groups is 1. The molecule has 5 N–H and O–H groups in total. The average molecular weight is 402 g/mol. The van der Waals surface area contributed by atoms with Crippen LogP contribution in [0, 0.1) is 0 Å². The highest BCUT2D eigenvalue weighted by atomic mass is 32.1. The molecule has 148 valence electrons. The molecule has 0 atom stereocenters. The van der Waals surface area contributed by atoms with E-state index in [2.05, 4.69) is 15.0 Å². The second kappa shape index (κ2) is 8.81. The lowest BCUT2D eigenvalue weighted by molar-refractivity contribution is 0.141. The molecule has 28 heavy (non-hydrogen) atoms. The number of H-pyrrole nitrogens is 1. The number of hydrogen-bond donors (Lipinski definition) is 3. The second-order valence-corrected chi connectivity index (χ2v) is 6.75. The smallest absolute Gasteiger partial charge is 0.328 e. The maximum Gasteiger partial charge on any atom is 0.328 e. The van der Waals surface area contributed by atoms with E-state index in [-0.39, 0.29) is 24.1 Å². The molecule has 0 bridgehead atoms. The Labute approximate surface area is 166 Å². The molecule has 10 heteroatoms. The molecule has 0 aliphatic rings. The van der Waals surface area contributed by atoms with Crippen LogP contribution in [0.5, 0.6) is 6.01 Å². The monoisotopic (exact) mass is 402 g/mol. The molecule has 0 radical (unpaired) electrons. The number of aryl methyl sites for hydroxylation is 1. The number of ether oxygens (including phenoxy) is 2. The highest BCUT2D eigenvalue weighted by Crippen LogP contribution is 2.18. The van der Waals surface area contributed by atoms with Gasteiger partial charge in [0.1, 0.15) is 12.1 Å². The Bertz CT molecular complexity index is 1030. The first-order chi connectivity index (χ1) is 13.5. The van der Waals surface area contributed by atoms with E-state index < -0.39 is 0 Å². The molecule has 0 saturated carbocycles. The van der Waals surface area contributed by atoms with Gasteiger partial charge in [0, 0.05) is 13.5 Å². The van der Waals surface area contributed by atoms with Crippen LogP contribution < -0.4 is 21.9 Å². The van der Waals surface area contributed by atoms with Crippen molar-refractivity contribution in [2.24, 2.45) is 5.73 Å². The van der Waals surface area contributed by atoms with E-state index in [1.807, 2.05) is 24.3 Å². The topological polar surface area (TPSA) is 134 Å². The first-order valence-corrected chi connectivity index (χ1v) is 9.12. The van der Waals surface area contributed by atoms with E-state index in [1.165, 1.54) is 4.57 Å². The number of rotatable bonds is 9. The van der Waals surface area contributed by atoms with Crippen molar-refractivity contribution in [3.05, 3.63) is 45.9 Å². The number of imidazole rings is 1. The molecule has 0 amide bonds. The van der Waals surface area contributed by atoms with Crippen molar-refractivity contribution in [1.82, 2.24) is 19.5 Å². The molecule has 2 aromatic heterocycles. The SMILES string of the molecule is COCCOc1nc(N)c2[nH]c(=O)n(Cc3ccc(CCC(N)=S)cc3)c2n1. The Balaban J connectivity index is 1.84. The summed E-state index contributed by atoms with van der Waals surface area (Å²) < 4.78 is 11.9. The van der Waals surface area contributed by atoms with Crippen molar-refractivity contribution in [3.63, 3.8) is 0 Å². The Morgan fingerprint density at radius 3 is 2.61 bits per heavy atom. The summed E-state index contributed by atoms with van der Waals surface area (Å²) in [5.74, 6) is 0.154. The number of nitrogens with two attached hydrogens (primary N) is 2. The van der Waals surface area contributed by atoms with E-state index >= 15 is 0 Å². The Morgan fingerprint density at radius 1 is 1.21 bits per heavy atom. The zero-order valence-electron chi connectivity index (χ0n) is 15.5. The number of nitrogen functional groups attached to an aromatic ring is 1. The van der Waals surface area contributed by atoms with E-state index in [1.54, 1.807) is 7.11 Å². The summed E-state index contributed by atoms with van der Waals surface area (Å²) in [6.45, 7) is 1.01. The number of nitrogens with one attached hydrogen (secondary N) is 1. The van der Waals surface area contributed by atoms with Crippen LogP contribution in [-0.2, 0) is 17.7 Å². The number of anilines is 1. The van der Waals surface area contributed by atoms with E-state index in [4.69, 9.17) is 33.2 Å². The van der Waals surface area contributed by atoms with Gasteiger partial charge in [-0.15, -0.1) is 0 Å². The predicted octanol–water partition coefficient (Wildman–Crippen LogP) is 0.994. The first-order valence-electron chi connectivity index (χ1n) is 8.72. The van der Waals surface area contributed by atoms with Gasteiger partial charge in [-0.1, -0.05) is 36.5 Å². The van der Waals surface area contributed by atoms with E-state index in [0.717, 1.165) is 17.5 Å². The van der Waals surface area contributed by atoms with Crippen LogP contribution in [0.3, 0.4) is 0 Å². The summed E-state index contributed by atoms with van der Waals surface area (Å²) in [6, 6.07) is 8.01. The molecule has 0 aliphatic carbocycles. The molecule has 1 aromatic carbocycles. The second-order valence-electron chi connectivity index (χ2n) is 6.23. The molecule has 3 aromatic rings. The van der Waals surface area contributed by atoms with Gasteiger partial charge in [-0.3, -0.25) is 4.57 Å². The third-order valence-corrected chi connectivity index (χ3v) is 4.38. The molecule has 0 unspecified atom stereocenters. The lowest BCUT2D eigenvalue weighted by Crippen LogP contribution is -2.18. The maximum absolute atomic E-state index is 12.4. The third kappa shape index (κ3) is 4.65. The van der Waals surface area contributed by atoms with Gasteiger partial charge in [0.15, 0.2) is 11.5 Å². The molecule has 0 aliphatic heterocycles. The summed E-state index contributed by atoms with van der Waals surface area (Å²) in [5.41, 5.74) is 14.0. The van der Waals surface area contributed by atoms with Gasteiger partial charge in [-0.05, 0) is 17.5 Å². The minimum atomic E-state index is -0.317. The van der Waals surface area contributed by atoms with Crippen LogP contribution in [-0.4, -0.2) is 44.8 Å². The highest BCUT2D eigenvalue weighted by Gasteiger charge is 2.15. The molecular weight excluding hydrogens is 380 g/mol. The molecule has 0 fully saturated rings. The lowest BCUT2D eigenvalue weighted by atomic mass is 10.1. The summed E-state index contributed by atoms with van der Waals surface area (Å²) in [5, 5.41) is 0. The van der Waals surface area contributed by atoms with Gasteiger partial charge < -0.3 is 25.9 Å². The highest BCUT2D eigenvalue weighted by molar-refractivity contribution is 7.80. The fourth-order valence-electron chi connectivity index (χ4n) is 2.72. The minimum absolute atomic E-state index is 0.0999. The molecule has 9 nitrogen and oxygen atoms in total. The standard InChI is InChI=1S/C18H22N6O3S/c1-26-8-9-27-17-22-15(20)14-16(23-17)24(18(25)21-14)10-12-4-2-11(3-5-12)6-7-13(19)28/h2-5H,6-10H2,1H3,(H2,19,28)(H,21,25)(H2,20,22,23). The lowest BCUT2D eigenvalue weighted by Gasteiger charge is -2.07. The summed E-state index contributed by atoms with van der Waals surface area (Å²) in [4.78, 5) is 24.0. The number of aromatic nitrogens is 4. The summed E-state index contributed by atoms with van der Waals surface area (Å²) in [7, 11) is 1.57. The number of methoxy groups -OCH3 is 1. The summed E-state index contributed by atoms with van der Waals surface area (Å²) >= 11 is 4.91. The van der Waals surface area contributed by atoms with Crippen LogP contribution in [0.1, 0.15) is 17.5 Å². The van der Waals surface area contributed by atoms with Crippen molar-refractivity contribution >= 4 is 34.2 Å². The Hall–Kier alpha value is -2.98. The van der Waals surface area contributed by atoms with Crippen molar-refractivity contribution in [3.8, 4) is 6.01 Å². The normalized spacial score (nSPS) is 11.0. The van der Waals surface area contributed by atoms with Gasteiger partial charge in [-0.25, -0.2) is 4.79 Å². The fraction of sp³-hybridized carbons (Fsp3) is 0.333. The number of nitrogens with zero attached hydrogens (tertiary/aromatic N) is 3. The van der Waals surface area contributed by atoms with Gasteiger partial charge >= 0.3 is 11.7 Å². The van der Waals surface area contributed by atoms with Gasteiger partial charge in [0.25, 0.3) is 0 Å². The van der Waals surface area contributed by atoms with E-state index in [0.29, 0.717) is 35.7 Å². The molecular formula is C18H22N6O3S. The Morgan fingerprint density at radius 2 is 1.93 bits per heavy atom. The van der Waals surface area contributed by atoms with Crippen molar-refractivity contribution < 1.29 is 9.47 Å². The van der Waals surface area contributed by atoms with Gasteiger partial charge in [-0.2, -0.15) is 9.97 Å². The van der Waals surface area contributed by atoms with Gasteiger partial charge in [0.2, 0.25) is 0 Å². The average Bonchev–Trinajstić information content (AvgIpc) is 2.98. The van der Waals surface area contributed by atoms with Crippen molar-refractivity contribution in [1.29, 1.82) is 0 Å². The zero-order chi connectivity index (χ0) is 20.1. The fourth-order valence-corrected chi connectivity index (χ4v) is 2.82. The number of aromatic amines is 1. The van der Waals surface area contributed by atoms with Crippen LogP contribution in [0.2, 0.25) is 0 Å². The van der Waals surface area contributed by atoms with Crippen LogP contribution in [0.4, 0.5) is 5.82 Å². The zero-order valence-corrected chi connectivity index (χ0v) is 16.3. The predicted molar refractivity (Wildman–Crippen MR) is 111 cm³/mol. The Kier molecular flexibility index (Phi) is 6.22. The quantitative estimate of drug-likeness (QED) is 0.356. The summed E-state index contributed by atoms with van der Waals surface area (Å²) in [6.07, 6.45) is 1.45. The van der Waals surface area contributed by atoms with Crippen LogP contribution >= 0.6 is 12.2 Å². The maximum atomic E-state index is 12.4. The first kappa shape index (κ1) is 19.8. The van der Waals surface area contributed by atoms with Gasteiger partial charge in [0.05, 0.1) is 18.1 Å². The van der Waals surface area contributed by atoms with Crippen molar-refractivity contribution in [2.45, 2.75) is 19.4 Å². The minimum Gasteiger partial charge on any atom is -0.461 e. The van der Waals surface area contributed by atoms with Crippen LogP contribution in [0.25, 0.3) is 11.2 Å². The number of fused-ring (bicyclic) bond motifs is 1. The molecule has 0 saturated heterocycles. The molecule has 3 rings (SSSR count). The third-order valence-electron chi connectivity index (χ3n) is 4.17. The van der Waals surface area contributed by atoms with E-state index in [9.17, 15) is 4.79 Å². The molecule has 2 heterocycles. The number of hydrogen-bond acceptors (Lipinski definition) is 7. The van der Waals surface area contributed by atoms with Crippen LogP contribution in [0.15, 0.2) is 29.1 Å². The molecule has 0 spiro atoms.